The van der Waals surface area contributed by atoms with Crippen LogP contribution in [0.3, 0.4) is 0 Å². The predicted molar refractivity (Wildman–Crippen MR) is 82.6 cm³/mol. The highest BCUT2D eigenvalue weighted by molar-refractivity contribution is 9.10. The molecule has 4 nitrogen and oxygen atoms in total. The molecule has 0 fully saturated rings. The Morgan fingerprint density at radius 2 is 1.87 bits per heavy atom. The van der Waals surface area contributed by atoms with Gasteiger partial charge in [-0.2, -0.15) is 21.6 Å². The Bertz CT molecular complexity index is 860. The van der Waals surface area contributed by atoms with E-state index in [1.807, 2.05) is 0 Å². The zero-order chi connectivity index (χ0) is 17.6. The molecule has 0 bridgehead atoms. The second-order valence-corrected chi connectivity index (χ2v) is 7.41. The number of aliphatic hydroxyl groups excluding tert-OH is 1. The van der Waals surface area contributed by atoms with E-state index in [2.05, 4.69) is 20.1 Å². The molecule has 0 aromatic heterocycles. The van der Waals surface area contributed by atoms with Crippen molar-refractivity contribution in [2.24, 2.45) is 0 Å². The lowest BCUT2D eigenvalue weighted by Gasteiger charge is -2.19. The molecule has 0 radical (unpaired) electrons. The number of aryl methyl sites for hydroxylation is 1. The zero-order valence-electron chi connectivity index (χ0n) is 12.0. The molecule has 0 heterocycles. The average molecular weight is 413 g/mol. The molecule has 1 atom stereocenters. The maximum absolute atomic E-state index is 12.6. The summed E-state index contributed by atoms with van der Waals surface area (Å²) in [5.74, 6) is -0.520. The summed E-state index contributed by atoms with van der Waals surface area (Å²) in [6.07, 6.45) is -1.21. The van der Waals surface area contributed by atoms with Crippen LogP contribution in [0, 0.1) is 6.92 Å². The lowest BCUT2D eigenvalue weighted by atomic mass is 9.97. The first-order valence-corrected chi connectivity index (χ1v) is 8.56. The Labute approximate surface area is 139 Å². The highest BCUT2D eigenvalue weighted by Gasteiger charge is 2.49. The Morgan fingerprint density at radius 1 is 1.26 bits per heavy atom. The third-order valence-corrected chi connectivity index (χ3v) is 4.64. The van der Waals surface area contributed by atoms with Gasteiger partial charge in [0.05, 0.1) is 6.10 Å². The lowest BCUT2D eigenvalue weighted by molar-refractivity contribution is -0.0500. The maximum atomic E-state index is 12.6. The van der Waals surface area contributed by atoms with E-state index in [0.717, 1.165) is 0 Å². The number of rotatable bonds is 3. The average Bonchev–Trinajstić information content (AvgIpc) is 2.37. The number of hydrogen-bond donors (Lipinski definition) is 1. The first-order chi connectivity index (χ1) is 10.4. The fourth-order valence-corrected chi connectivity index (χ4v) is 3.11. The van der Waals surface area contributed by atoms with Gasteiger partial charge in [-0.15, -0.1) is 0 Å². The van der Waals surface area contributed by atoms with Gasteiger partial charge in [0.15, 0.2) is 5.75 Å². The van der Waals surface area contributed by atoms with Crippen molar-refractivity contribution in [3.05, 3.63) is 39.9 Å². The molecule has 0 amide bonds. The Kier molecular flexibility index (Phi) is 4.67. The monoisotopic (exact) mass is 412 g/mol. The quantitative estimate of drug-likeness (QED) is 0.606. The Hall–Kier alpha value is -1.32. The molecular weight excluding hydrogens is 401 g/mol. The molecule has 23 heavy (non-hydrogen) atoms. The van der Waals surface area contributed by atoms with Gasteiger partial charge in [-0.25, -0.2) is 0 Å². The minimum Gasteiger partial charge on any atom is -0.389 e. The summed E-state index contributed by atoms with van der Waals surface area (Å²) in [4.78, 5) is 0. The van der Waals surface area contributed by atoms with Crippen molar-refractivity contribution in [1.82, 2.24) is 0 Å². The van der Waals surface area contributed by atoms with E-state index >= 15 is 0 Å². The molecule has 2 aromatic rings. The summed E-state index contributed by atoms with van der Waals surface area (Å²) in [6.45, 7) is 2.87. The first-order valence-electron chi connectivity index (χ1n) is 6.35. The molecule has 2 rings (SSSR count). The summed E-state index contributed by atoms with van der Waals surface area (Å²) < 4.78 is 65.6. The fourth-order valence-electron chi connectivity index (χ4n) is 2.25. The third kappa shape index (κ3) is 3.46. The van der Waals surface area contributed by atoms with Gasteiger partial charge in [-0.3, -0.25) is 0 Å². The van der Waals surface area contributed by atoms with Gasteiger partial charge >= 0.3 is 15.6 Å². The van der Waals surface area contributed by atoms with Crippen LogP contribution in [0.1, 0.15) is 24.2 Å². The van der Waals surface area contributed by atoms with Gasteiger partial charge in [0.25, 0.3) is 0 Å². The van der Waals surface area contributed by atoms with Gasteiger partial charge in [0.1, 0.15) is 0 Å². The number of halogens is 4. The van der Waals surface area contributed by atoms with Crippen LogP contribution in [0.5, 0.6) is 5.75 Å². The van der Waals surface area contributed by atoms with Crippen LogP contribution in [0.15, 0.2) is 28.7 Å². The van der Waals surface area contributed by atoms with Crippen molar-refractivity contribution in [3.63, 3.8) is 0 Å². The number of hydrogen-bond acceptors (Lipinski definition) is 4. The second kappa shape index (κ2) is 5.95. The number of aliphatic hydroxyl groups is 1. The van der Waals surface area contributed by atoms with Gasteiger partial charge < -0.3 is 9.29 Å². The summed E-state index contributed by atoms with van der Waals surface area (Å²) >= 11 is 3.18. The third-order valence-electron chi connectivity index (χ3n) is 3.20. The van der Waals surface area contributed by atoms with Gasteiger partial charge in [-0.1, -0.05) is 28.1 Å². The van der Waals surface area contributed by atoms with Crippen LogP contribution < -0.4 is 4.18 Å². The van der Waals surface area contributed by atoms with Crippen molar-refractivity contribution in [1.29, 1.82) is 0 Å². The highest BCUT2D eigenvalue weighted by atomic mass is 79.9. The molecule has 9 heteroatoms. The van der Waals surface area contributed by atoms with Crippen molar-refractivity contribution in [2.75, 3.05) is 0 Å². The van der Waals surface area contributed by atoms with E-state index in [9.17, 15) is 26.7 Å². The molecule has 126 valence electrons. The first kappa shape index (κ1) is 18.0. The fraction of sp³-hybridized carbons (Fsp3) is 0.286. The Balaban J connectivity index is 2.83. The minimum atomic E-state index is -5.85. The molecule has 0 saturated carbocycles. The van der Waals surface area contributed by atoms with Gasteiger partial charge in [0, 0.05) is 15.4 Å². The van der Waals surface area contributed by atoms with Crippen molar-refractivity contribution in [3.8, 4) is 5.75 Å². The van der Waals surface area contributed by atoms with E-state index < -0.39 is 27.5 Å². The van der Waals surface area contributed by atoms with E-state index in [4.69, 9.17) is 0 Å². The Morgan fingerprint density at radius 3 is 2.39 bits per heavy atom. The van der Waals surface area contributed by atoms with Crippen LogP contribution >= 0.6 is 15.9 Å². The summed E-state index contributed by atoms with van der Waals surface area (Å²) in [6, 6.07) is 6.33. The molecule has 0 aliphatic heterocycles. The van der Waals surface area contributed by atoms with Crippen molar-refractivity contribution >= 4 is 36.8 Å². The van der Waals surface area contributed by atoms with Crippen molar-refractivity contribution < 1.29 is 30.9 Å². The van der Waals surface area contributed by atoms with E-state index in [0.29, 0.717) is 15.4 Å². The van der Waals surface area contributed by atoms with Crippen LogP contribution in [-0.2, 0) is 10.1 Å². The minimum absolute atomic E-state index is 0.0107. The standard InChI is InChI=1S/C14H12BrF3O4S/c1-7-5-9-3-4-10(15)6-11(9)13(12(7)8(2)19)22-23(20,21)14(16,17)18/h3-6,8,19H,1-2H3. The van der Waals surface area contributed by atoms with Crippen LogP contribution in [0.2, 0.25) is 0 Å². The van der Waals surface area contributed by atoms with Crippen LogP contribution in [0.4, 0.5) is 13.2 Å². The van der Waals surface area contributed by atoms with Crippen LogP contribution in [0.25, 0.3) is 10.8 Å². The SMILES string of the molecule is Cc1cc2ccc(Br)cc2c(OS(=O)(=O)C(F)(F)F)c1C(C)O. The molecular formula is C14H12BrF3O4S. The number of fused-ring (bicyclic) bond motifs is 1. The number of alkyl halides is 3. The smallest absolute Gasteiger partial charge is 0.389 e. The van der Waals surface area contributed by atoms with E-state index in [-0.39, 0.29) is 10.9 Å². The van der Waals surface area contributed by atoms with Gasteiger partial charge in [-0.05, 0) is 36.9 Å². The molecule has 1 N–H and O–H groups in total. The molecule has 0 aliphatic carbocycles. The number of benzene rings is 2. The lowest BCUT2D eigenvalue weighted by Crippen LogP contribution is -2.28. The zero-order valence-corrected chi connectivity index (χ0v) is 14.4. The normalized spacial score (nSPS) is 14.0. The second-order valence-electron chi connectivity index (χ2n) is 4.96. The summed E-state index contributed by atoms with van der Waals surface area (Å²) in [7, 11) is -5.85. The van der Waals surface area contributed by atoms with Gasteiger partial charge in [0.2, 0.25) is 0 Å². The van der Waals surface area contributed by atoms with E-state index in [1.54, 1.807) is 25.1 Å². The molecule has 2 aromatic carbocycles. The molecule has 0 spiro atoms. The topological polar surface area (TPSA) is 63.6 Å². The largest absolute Gasteiger partial charge is 0.534 e. The molecule has 0 aliphatic rings. The van der Waals surface area contributed by atoms with Crippen LogP contribution in [-0.4, -0.2) is 19.0 Å². The molecule has 0 saturated heterocycles. The predicted octanol–water partition coefficient (Wildman–Crippen LogP) is 4.19. The van der Waals surface area contributed by atoms with Crippen molar-refractivity contribution in [2.45, 2.75) is 25.5 Å². The summed E-state index contributed by atoms with van der Waals surface area (Å²) in [5.41, 5.74) is -5.16. The van der Waals surface area contributed by atoms with E-state index in [1.165, 1.54) is 13.0 Å². The maximum Gasteiger partial charge on any atom is 0.534 e. The summed E-state index contributed by atoms with van der Waals surface area (Å²) in [5, 5.41) is 10.5. The molecule has 1 unspecified atom stereocenters. The highest BCUT2D eigenvalue weighted by Crippen LogP contribution is 2.40.